The lowest BCUT2D eigenvalue weighted by Crippen LogP contribution is -2.34. The molecule has 2 amide bonds. The van der Waals surface area contributed by atoms with Crippen molar-refractivity contribution in [2.75, 3.05) is 13.6 Å². The normalized spacial score (nSPS) is 17.3. The van der Waals surface area contributed by atoms with Crippen LogP contribution in [0.3, 0.4) is 0 Å². The van der Waals surface area contributed by atoms with Crippen molar-refractivity contribution in [3.63, 3.8) is 0 Å². The molecule has 0 bridgehead atoms. The Kier molecular flexibility index (Phi) is 4.59. The molecular formula is C17H21N5O2. The molecule has 0 radical (unpaired) electrons. The van der Waals surface area contributed by atoms with Crippen LogP contribution in [0.1, 0.15) is 17.9 Å². The molecule has 0 aromatic carbocycles. The molecule has 0 N–H and O–H groups in total. The minimum atomic E-state index is -0.300. The van der Waals surface area contributed by atoms with E-state index in [0.29, 0.717) is 19.6 Å². The summed E-state index contributed by atoms with van der Waals surface area (Å²) in [6.07, 6.45) is 5.53. The third kappa shape index (κ3) is 3.45. The Morgan fingerprint density at radius 3 is 2.83 bits per heavy atom. The zero-order valence-corrected chi connectivity index (χ0v) is 13.9. The molecule has 1 saturated heterocycles. The van der Waals surface area contributed by atoms with Crippen molar-refractivity contribution in [3.8, 4) is 0 Å². The molecule has 1 fully saturated rings. The maximum absolute atomic E-state index is 12.6. The first-order valence-electron chi connectivity index (χ1n) is 7.93. The molecule has 1 aliphatic rings. The number of imidazole rings is 1. The van der Waals surface area contributed by atoms with Crippen LogP contribution in [0.2, 0.25) is 0 Å². The van der Waals surface area contributed by atoms with Gasteiger partial charge in [-0.05, 0) is 12.1 Å². The smallest absolute Gasteiger partial charge is 0.228 e. The predicted molar refractivity (Wildman–Crippen MR) is 87.4 cm³/mol. The third-order valence-corrected chi connectivity index (χ3v) is 4.32. The Balaban J connectivity index is 1.60. The number of carbonyl (C=O) groups is 2. The average Bonchev–Trinajstić information content (AvgIpc) is 3.14. The van der Waals surface area contributed by atoms with E-state index in [1.54, 1.807) is 29.2 Å². The molecule has 1 aliphatic heterocycles. The van der Waals surface area contributed by atoms with Gasteiger partial charge in [0.15, 0.2) is 0 Å². The molecule has 2 aromatic rings. The molecule has 0 saturated carbocycles. The fraction of sp³-hybridized carbons (Fsp3) is 0.412. The van der Waals surface area contributed by atoms with Crippen molar-refractivity contribution in [1.82, 2.24) is 24.3 Å². The summed E-state index contributed by atoms with van der Waals surface area (Å²) in [4.78, 5) is 36.6. The maximum atomic E-state index is 12.6. The first kappa shape index (κ1) is 16.2. The molecule has 7 heteroatoms. The van der Waals surface area contributed by atoms with Crippen LogP contribution in [0.4, 0.5) is 0 Å². The summed E-state index contributed by atoms with van der Waals surface area (Å²) in [6, 6.07) is 5.62. The monoisotopic (exact) mass is 327 g/mol. The van der Waals surface area contributed by atoms with Gasteiger partial charge in [0.05, 0.1) is 24.7 Å². The highest BCUT2D eigenvalue weighted by molar-refractivity contribution is 5.89. The predicted octanol–water partition coefficient (Wildman–Crippen LogP) is 0.822. The van der Waals surface area contributed by atoms with Crippen molar-refractivity contribution < 1.29 is 9.59 Å². The number of aryl methyl sites for hydroxylation is 1. The number of carbonyl (C=O) groups excluding carboxylic acids is 2. The van der Waals surface area contributed by atoms with Gasteiger partial charge in [0, 0.05) is 45.7 Å². The number of hydrogen-bond acceptors (Lipinski definition) is 4. The molecule has 7 nitrogen and oxygen atoms in total. The lowest BCUT2D eigenvalue weighted by Gasteiger charge is -2.21. The van der Waals surface area contributed by atoms with Gasteiger partial charge in [-0.2, -0.15) is 0 Å². The van der Waals surface area contributed by atoms with Crippen LogP contribution in [0.5, 0.6) is 0 Å². The number of aromatic nitrogens is 3. The van der Waals surface area contributed by atoms with Crippen molar-refractivity contribution in [2.45, 2.75) is 19.5 Å². The van der Waals surface area contributed by atoms with E-state index in [9.17, 15) is 9.59 Å². The van der Waals surface area contributed by atoms with E-state index in [-0.39, 0.29) is 24.2 Å². The lowest BCUT2D eigenvalue weighted by molar-refractivity contribution is -0.135. The second-order valence-electron chi connectivity index (χ2n) is 6.15. The topological polar surface area (TPSA) is 71.3 Å². The number of nitrogens with zero attached hydrogens (tertiary/aromatic N) is 5. The Bertz CT molecular complexity index is 728. The second-order valence-corrected chi connectivity index (χ2v) is 6.15. The number of hydrogen-bond donors (Lipinski definition) is 0. The van der Waals surface area contributed by atoms with Gasteiger partial charge < -0.3 is 14.4 Å². The lowest BCUT2D eigenvalue weighted by atomic mass is 10.1. The summed E-state index contributed by atoms with van der Waals surface area (Å²) in [6.45, 7) is 1.33. The molecule has 126 valence electrons. The van der Waals surface area contributed by atoms with E-state index in [0.717, 1.165) is 11.5 Å². The first-order valence-corrected chi connectivity index (χ1v) is 7.93. The van der Waals surface area contributed by atoms with Crippen LogP contribution in [0.15, 0.2) is 36.8 Å². The summed E-state index contributed by atoms with van der Waals surface area (Å²) in [5.74, 6) is 0.506. The van der Waals surface area contributed by atoms with E-state index in [2.05, 4.69) is 9.97 Å². The molecule has 2 aromatic heterocycles. The first-order chi connectivity index (χ1) is 11.5. The molecule has 3 rings (SSSR count). The van der Waals surface area contributed by atoms with Crippen LogP contribution in [0, 0.1) is 5.92 Å². The standard InChI is InChI=1S/C17H21N5O2/c1-20-8-7-19-15(20)12-21(2)17(24)13-9-16(23)22(10-13)11-14-5-3-4-6-18-14/h3-8,13H,9-12H2,1-2H3. The Morgan fingerprint density at radius 2 is 2.17 bits per heavy atom. The summed E-state index contributed by atoms with van der Waals surface area (Å²) in [5.41, 5.74) is 0.834. The van der Waals surface area contributed by atoms with E-state index in [4.69, 9.17) is 0 Å². The van der Waals surface area contributed by atoms with Gasteiger partial charge in [-0.25, -0.2) is 4.98 Å². The second kappa shape index (κ2) is 6.82. The third-order valence-electron chi connectivity index (χ3n) is 4.32. The van der Waals surface area contributed by atoms with E-state index >= 15 is 0 Å². The minimum Gasteiger partial charge on any atom is -0.338 e. The molecule has 0 spiro atoms. The van der Waals surface area contributed by atoms with Gasteiger partial charge in [0.1, 0.15) is 5.82 Å². The molecule has 24 heavy (non-hydrogen) atoms. The fourth-order valence-electron chi connectivity index (χ4n) is 2.93. The van der Waals surface area contributed by atoms with Crippen molar-refractivity contribution in [1.29, 1.82) is 0 Å². The number of pyridine rings is 1. The van der Waals surface area contributed by atoms with Crippen LogP contribution in [0.25, 0.3) is 0 Å². The summed E-state index contributed by atoms with van der Waals surface area (Å²) >= 11 is 0. The van der Waals surface area contributed by atoms with Gasteiger partial charge in [-0.15, -0.1) is 0 Å². The quantitative estimate of drug-likeness (QED) is 0.815. The summed E-state index contributed by atoms with van der Waals surface area (Å²) in [5, 5.41) is 0. The van der Waals surface area contributed by atoms with Crippen LogP contribution in [-0.4, -0.2) is 49.7 Å². The molecule has 0 aliphatic carbocycles. The van der Waals surface area contributed by atoms with Crippen LogP contribution >= 0.6 is 0 Å². The summed E-state index contributed by atoms with van der Waals surface area (Å²) < 4.78 is 1.89. The van der Waals surface area contributed by atoms with Gasteiger partial charge in [-0.3, -0.25) is 14.6 Å². The average molecular weight is 327 g/mol. The molecule has 1 unspecified atom stereocenters. The Labute approximate surface area is 140 Å². The van der Waals surface area contributed by atoms with Crippen molar-refractivity contribution in [2.24, 2.45) is 13.0 Å². The maximum Gasteiger partial charge on any atom is 0.228 e. The number of rotatable bonds is 5. The zero-order chi connectivity index (χ0) is 17.1. The minimum absolute atomic E-state index is 0.00407. The summed E-state index contributed by atoms with van der Waals surface area (Å²) in [7, 11) is 3.65. The van der Waals surface area contributed by atoms with E-state index < -0.39 is 0 Å². The highest BCUT2D eigenvalue weighted by Gasteiger charge is 2.35. The number of amides is 2. The molecular weight excluding hydrogens is 306 g/mol. The van der Waals surface area contributed by atoms with Gasteiger partial charge in [0.25, 0.3) is 0 Å². The van der Waals surface area contributed by atoms with E-state index in [1.165, 1.54) is 0 Å². The van der Waals surface area contributed by atoms with Crippen molar-refractivity contribution in [3.05, 3.63) is 48.3 Å². The van der Waals surface area contributed by atoms with Gasteiger partial charge in [0.2, 0.25) is 11.8 Å². The molecule has 3 heterocycles. The van der Waals surface area contributed by atoms with Gasteiger partial charge >= 0.3 is 0 Å². The Morgan fingerprint density at radius 1 is 1.33 bits per heavy atom. The van der Waals surface area contributed by atoms with Crippen LogP contribution < -0.4 is 0 Å². The number of likely N-dealkylation sites (tertiary alicyclic amines) is 1. The van der Waals surface area contributed by atoms with Crippen molar-refractivity contribution >= 4 is 11.8 Å². The van der Waals surface area contributed by atoms with E-state index in [1.807, 2.05) is 36.0 Å². The van der Waals surface area contributed by atoms with Crippen LogP contribution in [-0.2, 0) is 29.7 Å². The SMILES string of the molecule is CN(Cc1nccn1C)C(=O)C1CC(=O)N(Cc2ccccn2)C1. The molecule has 1 atom stereocenters. The van der Waals surface area contributed by atoms with Gasteiger partial charge in [-0.1, -0.05) is 6.07 Å². The largest absolute Gasteiger partial charge is 0.338 e. The zero-order valence-electron chi connectivity index (χ0n) is 13.9. The highest BCUT2D eigenvalue weighted by Crippen LogP contribution is 2.22. The Hall–Kier alpha value is -2.70. The fourth-order valence-corrected chi connectivity index (χ4v) is 2.93. The highest BCUT2D eigenvalue weighted by atomic mass is 16.2.